The highest BCUT2D eigenvalue weighted by Gasteiger charge is 2.21. The van der Waals surface area contributed by atoms with Crippen LogP contribution < -0.4 is 0 Å². The lowest BCUT2D eigenvalue weighted by Gasteiger charge is -2.23. The van der Waals surface area contributed by atoms with Crippen LogP contribution in [0.15, 0.2) is 36.5 Å². The monoisotopic (exact) mass is 346 g/mol. The highest BCUT2D eigenvalue weighted by atomic mass is 16.3. The molecule has 2 aromatic heterocycles. The van der Waals surface area contributed by atoms with Crippen LogP contribution in [0.4, 0.5) is 0 Å². The summed E-state index contributed by atoms with van der Waals surface area (Å²) in [7, 11) is 0. The molecule has 1 aliphatic carbocycles. The zero-order valence-electron chi connectivity index (χ0n) is 14.1. The summed E-state index contributed by atoms with van der Waals surface area (Å²) in [6.45, 7) is 0. The number of pyridine rings is 1. The van der Waals surface area contributed by atoms with E-state index in [9.17, 15) is 15.3 Å². The summed E-state index contributed by atoms with van der Waals surface area (Å²) in [5, 5.41) is 31.9. The molecule has 0 amide bonds. The highest BCUT2D eigenvalue weighted by molar-refractivity contribution is 6.08. The van der Waals surface area contributed by atoms with Gasteiger partial charge in [-0.3, -0.25) is 4.98 Å². The number of aromatic amines is 1. The van der Waals surface area contributed by atoms with Crippen LogP contribution in [0.1, 0.15) is 24.0 Å². The summed E-state index contributed by atoms with van der Waals surface area (Å²) in [5.74, 6) is -1.14. The van der Waals surface area contributed by atoms with Gasteiger partial charge in [0.2, 0.25) is 0 Å². The Morgan fingerprint density at radius 3 is 2.38 bits per heavy atom. The molecule has 5 nitrogen and oxygen atoms in total. The molecule has 0 aliphatic heterocycles. The van der Waals surface area contributed by atoms with Crippen molar-refractivity contribution in [1.82, 2.24) is 9.97 Å². The Hall–Kier alpha value is -3.21. The first kappa shape index (κ1) is 15.1. The Balaban J connectivity index is 1.88. The Labute approximate surface area is 149 Å². The van der Waals surface area contributed by atoms with E-state index in [1.807, 2.05) is 18.3 Å². The quantitative estimate of drug-likeness (QED) is 0.385. The maximum atomic E-state index is 9.94. The number of aromatic nitrogens is 2. The molecule has 2 aromatic carbocycles. The zero-order chi connectivity index (χ0) is 17.8. The van der Waals surface area contributed by atoms with Gasteiger partial charge in [-0.1, -0.05) is 0 Å². The third-order valence-corrected chi connectivity index (χ3v) is 5.37. The summed E-state index contributed by atoms with van der Waals surface area (Å²) in [4.78, 5) is 7.92. The third kappa shape index (κ3) is 2.07. The molecule has 0 radical (unpaired) electrons. The molecule has 0 spiro atoms. The molecule has 0 saturated heterocycles. The van der Waals surface area contributed by atoms with Crippen LogP contribution in [0, 0.1) is 0 Å². The van der Waals surface area contributed by atoms with Gasteiger partial charge in [0, 0.05) is 33.7 Å². The fraction of sp³-hybridized carbons (Fsp3) is 0.190. The molecular formula is C21H18N2O3. The second-order valence-electron chi connectivity index (χ2n) is 6.89. The van der Waals surface area contributed by atoms with Crippen molar-refractivity contribution in [3.63, 3.8) is 0 Å². The van der Waals surface area contributed by atoms with Gasteiger partial charge >= 0.3 is 0 Å². The molecule has 5 heteroatoms. The molecule has 0 saturated carbocycles. The number of benzene rings is 2. The number of phenols is 3. The van der Waals surface area contributed by atoms with Crippen LogP contribution in [0.2, 0.25) is 0 Å². The van der Waals surface area contributed by atoms with Crippen LogP contribution in [0.3, 0.4) is 0 Å². The second kappa shape index (κ2) is 5.39. The van der Waals surface area contributed by atoms with Crippen molar-refractivity contribution in [3.8, 4) is 28.5 Å². The summed E-state index contributed by atoms with van der Waals surface area (Å²) in [6, 6.07) is 9.06. The van der Waals surface area contributed by atoms with Crippen LogP contribution in [0.25, 0.3) is 33.1 Å². The average molecular weight is 346 g/mol. The Kier molecular flexibility index (Phi) is 3.13. The Morgan fingerprint density at radius 2 is 1.62 bits per heavy atom. The smallest absolute Gasteiger partial charge is 0.200 e. The van der Waals surface area contributed by atoms with Crippen molar-refractivity contribution < 1.29 is 15.3 Å². The van der Waals surface area contributed by atoms with Crippen molar-refractivity contribution >= 4 is 21.8 Å². The zero-order valence-corrected chi connectivity index (χ0v) is 14.1. The summed E-state index contributed by atoms with van der Waals surface area (Å²) in [6.07, 6.45) is 6.01. The third-order valence-electron chi connectivity index (χ3n) is 5.37. The minimum absolute atomic E-state index is 0.325. The first-order chi connectivity index (χ1) is 12.6. The molecule has 1 aliphatic rings. The lowest BCUT2D eigenvalue weighted by atomic mass is 9.85. The van der Waals surface area contributed by atoms with Crippen LogP contribution in [0.5, 0.6) is 17.2 Å². The molecule has 4 N–H and O–H groups in total. The molecule has 5 rings (SSSR count). The fourth-order valence-electron chi connectivity index (χ4n) is 4.17. The molecule has 0 atom stereocenters. The number of aromatic hydroxyl groups is 3. The highest BCUT2D eigenvalue weighted by Crippen LogP contribution is 2.42. The van der Waals surface area contributed by atoms with E-state index in [4.69, 9.17) is 0 Å². The second-order valence-corrected chi connectivity index (χ2v) is 6.89. The number of phenolic OH excluding ortho intramolecular Hbond substituents is 3. The topological polar surface area (TPSA) is 89.4 Å². The molecule has 0 fully saturated rings. The Bertz CT molecular complexity index is 1150. The van der Waals surface area contributed by atoms with Gasteiger partial charge < -0.3 is 20.3 Å². The van der Waals surface area contributed by atoms with Gasteiger partial charge in [-0.05, 0) is 67.1 Å². The molecule has 0 unspecified atom stereocenters. The van der Waals surface area contributed by atoms with Crippen molar-refractivity contribution in [2.24, 2.45) is 0 Å². The standard InChI is InChI=1S/C21H18N2O3/c24-17-9-11(10-18(25)21(17)26)20-13-4-2-1-3-12(13)19-14-7-8-22-15(14)5-6-16(19)23-20/h5-10,23-26H,1-4H2. The van der Waals surface area contributed by atoms with Gasteiger partial charge in [-0.15, -0.1) is 0 Å². The fourth-order valence-corrected chi connectivity index (χ4v) is 4.17. The average Bonchev–Trinajstić information content (AvgIpc) is 3.13. The molecular weight excluding hydrogens is 328 g/mol. The first-order valence-electron chi connectivity index (χ1n) is 8.80. The van der Waals surface area contributed by atoms with E-state index in [0.29, 0.717) is 5.56 Å². The number of nitrogens with zero attached hydrogens (tertiary/aromatic N) is 1. The number of rotatable bonds is 1. The largest absolute Gasteiger partial charge is 0.504 e. The first-order valence-corrected chi connectivity index (χ1v) is 8.80. The van der Waals surface area contributed by atoms with E-state index < -0.39 is 5.75 Å². The van der Waals surface area contributed by atoms with E-state index in [-0.39, 0.29) is 11.5 Å². The maximum Gasteiger partial charge on any atom is 0.200 e. The van der Waals surface area contributed by atoms with Crippen molar-refractivity contribution in [2.45, 2.75) is 25.7 Å². The molecule has 4 aromatic rings. The van der Waals surface area contributed by atoms with E-state index in [2.05, 4.69) is 16.0 Å². The molecule has 130 valence electrons. The minimum atomic E-state index is -0.493. The Morgan fingerprint density at radius 1 is 0.885 bits per heavy atom. The van der Waals surface area contributed by atoms with Crippen molar-refractivity contribution in [1.29, 1.82) is 0 Å². The lowest BCUT2D eigenvalue weighted by Crippen LogP contribution is -2.07. The number of hydrogen-bond donors (Lipinski definition) is 4. The number of nitrogens with one attached hydrogen (secondary N) is 1. The van der Waals surface area contributed by atoms with Crippen molar-refractivity contribution in [3.05, 3.63) is 47.7 Å². The van der Waals surface area contributed by atoms with Gasteiger partial charge in [0.05, 0.1) is 5.52 Å². The predicted octanol–water partition coefficient (Wildman–Crippen LogP) is 4.38. The van der Waals surface area contributed by atoms with Gasteiger partial charge in [-0.2, -0.15) is 0 Å². The molecule has 0 bridgehead atoms. The van der Waals surface area contributed by atoms with Gasteiger partial charge in [0.1, 0.15) is 0 Å². The lowest BCUT2D eigenvalue weighted by molar-refractivity contribution is 0.368. The number of hydrogen-bond acceptors (Lipinski definition) is 4. The summed E-state index contributed by atoms with van der Waals surface area (Å²) in [5.41, 5.74) is 6.07. The summed E-state index contributed by atoms with van der Waals surface area (Å²) >= 11 is 0. The van der Waals surface area contributed by atoms with Gasteiger partial charge in [-0.25, -0.2) is 0 Å². The van der Waals surface area contributed by atoms with Crippen LogP contribution in [-0.4, -0.2) is 25.3 Å². The maximum absolute atomic E-state index is 9.94. The predicted molar refractivity (Wildman–Crippen MR) is 101 cm³/mol. The van der Waals surface area contributed by atoms with E-state index in [1.54, 1.807) is 0 Å². The van der Waals surface area contributed by atoms with E-state index >= 15 is 0 Å². The SMILES string of the molecule is Oc1cc(-c2[nH]c3ccc4nccc4c3c3c2CCCC3)cc(O)c1O. The molecule has 26 heavy (non-hydrogen) atoms. The van der Waals surface area contributed by atoms with Gasteiger partial charge in [0.15, 0.2) is 17.2 Å². The molecule has 2 heterocycles. The van der Waals surface area contributed by atoms with E-state index in [0.717, 1.165) is 47.8 Å². The van der Waals surface area contributed by atoms with Crippen molar-refractivity contribution in [2.75, 3.05) is 0 Å². The number of H-pyrrole nitrogens is 1. The normalized spacial score (nSPS) is 14.0. The van der Waals surface area contributed by atoms with Gasteiger partial charge in [0.25, 0.3) is 0 Å². The van der Waals surface area contributed by atoms with E-state index in [1.165, 1.54) is 28.6 Å². The minimum Gasteiger partial charge on any atom is -0.504 e. The number of aryl methyl sites for hydroxylation is 1. The number of fused-ring (bicyclic) bond motifs is 5. The van der Waals surface area contributed by atoms with Crippen LogP contribution >= 0.6 is 0 Å². The summed E-state index contributed by atoms with van der Waals surface area (Å²) < 4.78 is 0. The van der Waals surface area contributed by atoms with Crippen LogP contribution in [-0.2, 0) is 12.8 Å².